The van der Waals surface area contributed by atoms with E-state index in [1.165, 1.54) is 7.11 Å². The summed E-state index contributed by atoms with van der Waals surface area (Å²) in [6, 6.07) is 3.31. The van der Waals surface area contributed by atoms with Crippen LogP contribution in [0.5, 0.6) is 5.75 Å². The molecule has 0 N–H and O–H groups in total. The second kappa shape index (κ2) is 8.57. The van der Waals surface area contributed by atoms with E-state index in [2.05, 4.69) is 10.00 Å². The van der Waals surface area contributed by atoms with Crippen molar-refractivity contribution >= 4 is 17.5 Å². The number of amides is 1. The van der Waals surface area contributed by atoms with E-state index in [-0.39, 0.29) is 23.6 Å². The van der Waals surface area contributed by atoms with Gasteiger partial charge in [0.1, 0.15) is 5.60 Å². The number of hydrogen-bond acceptors (Lipinski definition) is 7. The Morgan fingerprint density at radius 3 is 2.58 bits per heavy atom. The summed E-state index contributed by atoms with van der Waals surface area (Å²) >= 11 is 0. The number of carbonyl (C=O) groups is 1. The van der Waals surface area contributed by atoms with Crippen molar-refractivity contribution in [1.29, 1.82) is 0 Å². The molecule has 2 unspecified atom stereocenters. The molecule has 2 aliphatic heterocycles. The highest BCUT2D eigenvalue weighted by Gasteiger charge is 2.42. The van der Waals surface area contributed by atoms with Crippen LogP contribution in [0.25, 0.3) is 11.1 Å². The SMILES string of the molecule is COc1cc(N2CCC3CCN(C(=O)OC(C)(C)C)C3C2)c(-c2cnn(C)c2)cc1[N+](=O)[O-]. The van der Waals surface area contributed by atoms with Gasteiger partial charge in [0.2, 0.25) is 0 Å². The summed E-state index contributed by atoms with van der Waals surface area (Å²) in [5.41, 5.74) is 1.70. The van der Waals surface area contributed by atoms with Gasteiger partial charge < -0.3 is 19.3 Å². The summed E-state index contributed by atoms with van der Waals surface area (Å²) < 4.78 is 12.7. The van der Waals surface area contributed by atoms with Crippen molar-refractivity contribution in [1.82, 2.24) is 14.7 Å². The predicted molar refractivity (Wildman–Crippen MR) is 124 cm³/mol. The molecule has 2 aromatic rings. The molecule has 0 spiro atoms. The number of carbonyl (C=O) groups excluding carboxylic acids is 1. The first-order valence-corrected chi connectivity index (χ1v) is 11.2. The van der Waals surface area contributed by atoms with Crippen LogP contribution in [0.15, 0.2) is 24.5 Å². The van der Waals surface area contributed by atoms with E-state index in [1.54, 1.807) is 23.0 Å². The molecule has 0 radical (unpaired) electrons. The molecule has 33 heavy (non-hydrogen) atoms. The number of methoxy groups -OCH3 is 1. The van der Waals surface area contributed by atoms with E-state index >= 15 is 0 Å². The molecule has 178 valence electrons. The zero-order valence-corrected chi connectivity index (χ0v) is 19.8. The topological polar surface area (TPSA) is 103 Å². The van der Waals surface area contributed by atoms with Crippen LogP contribution in [0.4, 0.5) is 16.2 Å². The molecular formula is C23H31N5O5. The maximum Gasteiger partial charge on any atom is 0.410 e. The summed E-state index contributed by atoms with van der Waals surface area (Å²) in [6.45, 7) is 7.70. The number of aromatic nitrogens is 2. The van der Waals surface area contributed by atoms with E-state index in [1.807, 2.05) is 38.9 Å². The van der Waals surface area contributed by atoms with Crippen molar-refractivity contribution in [2.75, 3.05) is 31.6 Å². The maximum absolute atomic E-state index is 12.8. The molecule has 10 nitrogen and oxygen atoms in total. The number of benzene rings is 1. The summed E-state index contributed by atoms with van der Waals surface area (Å²) in [6.07, 6.45) is 5.13. The van der Waals surface area contributed by atoms with Gasteiger partial charge in [0.05, 0.1) is 24.3 Å². The molecule has 0 aliphatic carbocycles. The Morgan fingerprint density at radius 2 is 1.97 bits per heavy atom. The molecular weight excluding hydrogens is 426 g/mol. The normalized spacial score (nSPS) is 20.5. The van der Waals surface area contributed by atoms with E-state index in [0.717, 1.165) is 36.2 Å². The molecule has 0 saturated carbocycles. The molecule has 1 aromatic heterocycles. The van der Waals surface area contributed by atoms with Gasteiger partial charge in [0, 0.05) is 61.8 Å². The number of anilines is 1. The average molecular weight is 458 g/mol. The zero-order chi connectivity index (χ0) is 23.9. The average Bonchev–Trinajstić information content (AvgIpc) is 3.37. The van der Waals surface area contributed by atoms with E-state index in [0.29, 0.717) is 19.0 Å². The highest BCUT2D eigenvalue weighted by Crippen LogP contribution is 2.43. The molecule has 1 amide bonds. The third-order valence-electron chi connectivity index (χ3n) is 6.34. The minimum absolute atomic E-state index is 0.0246. The van der Waals surface area contributed by atoms with Crippen LogP contribution in [0, 0.1) is 16.0 Å². The van der Waals surface area contributed by atoms with Crippen molar-refractivity contribution in [3.8, 4) is 16.9 Å². The summed E-state index contributed by atoms with van der Waals surface area (Å²) in [5.74, 6) is 0.621. The maximum atomic E-state index is 12.8. The van der Waals surface area contributed by atoms with Crippen LogP contribution < -0.4 is 9.64 Å². The number of rotatable bonds is 4. The lowest BCUT2D eigenvalue weighted by Gasteiger charge is -2.40. The first kappa shape index (κ1) is 22.9. The predicted octanol–water partition coefficient (Wildman–Crippen LogP) is 3.84. The van der Waals surface area contributed by atoms with Gasteiger partial charge in [-0.25, -0.2) is 4.79 Å². The first-order valence-electron chi connectivity index (χ1n) is 11.2. The third-order valence-corrected chi connectivity index (χ3v) is 6.34. The molecule has 2 aliphatic rings. The number of nitro groups is 1. The lowest BCUT2D eigenvalue weighted by molar-refractivity contribution is -0.385. The molecule has 2 atom stereocenters. The molecule has 4 rings (SSSR count). The van der Waals surface area contributed by atoms with Gasteiger partial charge in [-0.05, 0) is 39.5 Å². The number of aryl methyl sites for hydroxylation is 1. The highest BCUT2D eigenvalue weighted by atomic mass is 16.6. The van der Waals surface area contributed by atoms with E-state index < -0.39 is 10.5 Å². The van der Waals surface area contributed by atoms with Crippen molar-refractivity contribution in [2.24, 2.45) is 13.0 Å². The number of nitrogens with zero attached hydrogens (tertiary/aromatic N) is 5. The van der Waals surface area contributed by atoms with Crippen LogP contribution in [0.3, 0.4) is 0 Å². The van der Waals surface area contributed by atoms with Crippen molar-refractivity contribution in [3.63, 3.8) is 0 Å². The standard InChI is InChI=1S/C23H31N5O5/c1-23(2,3)33-22(29)27-9-7-15-6-8-26(14-20(15)27)18-11-21(32-5)19(28(30)31)10-17(18)16-12-24-25(4)13-16/h10-13,15,20H,6-9,14H2,1-5H3. The van der Waals surface area contributed by atoms with Crippen LogP contribution in [-0.2, 0) is 11.8 Å². The molecule has 2 fully saturated rings. The Morgan fingerprint density at radius 1 is 1.24 bits per heavy atom. The highest BCUT2D eigenvalue weighted by molar-refractivity contribution is 5.83. The fourth-order valence-electron chi connectivity index (χ4n) is 4.82. The largest absolute Gasteiger partial charge is 0.490 e. The van der Waals surface area contributed by atoms with Gasteiger partial charge in [0.15, 0.2) is 5.75 Å². The molecule has 1 aromatic carbocycles. The van der Waals surface area contributed by atoms with Crippen LogP contribution >= 0.6 is 0 Å². The summed E-state index contributed by atoms with van der Waals surface area (Å²) in [7, 11) is 3.24. The second-order valence-electron chi connectivity index (χ2n) is 9.73. The van der Waals surface area contributed by atoms with Crippen LogP contribution in [0.1, 0.15) is 33.6 Å². The summed E-state index contributed by atoms with van der Waals surface area (Å²) in [5, 5.41) is 15.9. The van der Waals surface area contributed by atoms with Crippen LogP contribution in [-0.4, -0.2) is 64.1 Å². The molecule has 3 heterocycles. The Balaban J connectivity index is 1.69. The fourth-order valence-corrected chi connectivity index (χ4v) is 4.82. The quantitative estimate of drug-likeness (QED) is 0.508. The minimum atomic E-state index is -0.553. The van der Waals surface area contributed by atoms with E-state index in [4.69, 9.17) is 9.47 Å². The van der Waals surface area contributed by atoms with Gasteiger partial charge in [-0.3, -0.25) is 14.8 Å². The van der Waals surface area contributed by atoms with Crippen molar-refractivity contribution in [2.45, 2.75) is 45.3 Å². The van der Waals surface area contributed by atoms with Crippen molar-refractivity contribution < 1.29 is 19.2 Å². The number of hydrogen-bond donors (Lipinski definition) is 0. The summed E-state index contributed by atoms with van der Waals surface area (Å²) in [4.78, 5) is 28.1. The Labute approximate surface area is 193 Å². The number of fused-ring (bicyclic) bond motifs is 1. The number of ether oxygens (including phenoxy) is 2. The fraction of sp³-hybridized carbons (Fsp3) is 0.565. The zero-order valence-electron chi connectivity index (χ0n) is 19.8. The van der Waals surface area contributed by atoms with Gasteiger partial charge in [-0.2, -0.15) is 5.10 Å². The Kier molecular flexibility index (Phi) is 5.94. The number of nitro benzene ring substituents is 1. The lowest BCUT2D eigenvalue weighted by Crippen LogP contribution is -2.51. The third kappa shape index (κ3) is 4.60. The van der Waals surface area contributed by atoms with Crippen molar-refractivity contribution in [3.05, 3.63) is 34.6 Å². The smallest absolute Gasteiger partial charge is 0.410 e. The van der Waals surface area contributed by atoms with Crippen LogP contribution in [0.2, 0.25) is 0 Å². The first-order chi connectivity index (χ1) is 15.6. The number of piperidine rings is 1. The number of likely N-dealkylation sites (tertiary alicyclic amines) is 1. The molecule has 2 saturated heterocycles. The lowest BCUT2D eigenvalue weighted by atomic mass is 9.91. The Hall–Kier alpha value is -3.30. The van der Waals surface area contributed by atoms with Gasteiger partial charge in [-0.1, -0.05) is 0 Å². The molecule has 0 bridgehead atoms. The van der Waals surface area contributed by atoms with Gasteiger partial charge >= 0.3 is 11.8 Å². The van der Waals surface area contributed by atoms with Gasteiger partial charge in [-0.15, -0.1) is 0 Å². The second-order valence-corrected chi connectivity index (χ2v) is 9.73. The minimum Gasteiger partial charge on any atom is -0.490 e. The molecule has 10 heteroatoms. The van der Waals surface area contributed by atoms with E-state index in [9.17, 15) is 14.9 Å². The Bertz CT molecular complexity index is 1060. The van der Waals surface area contributed by atoms with Gasteiger partial charge in [0.25, 0.3) is 0 Å². The monoisotopic (exact) mass is 457 g/mol.